The number of ether oxygens (including phenoxy) is 2. The zero-order chi connectivity index (χ0) is 16.1. The van der Waals surface area contributed by atoms with Crippen LogP contribution in [0, 0.1) is 0 Å². The number of amides is 1. The highest BCUT2D eigenvalue weighted by Crippen LogP contribution is 2.19. The van der Waals surface area contributed by atoms with Gasteiger partial charge in [-0.15, -0.1) is 16.4 Å². The van der Waals surface area contributed by atoms with E-state index in [4.69, 9.17) is 9.47 Å². The molecule has 0 spiro atoms. The molecule has 0 unspecified atom stereocenters. The molecule has 3 rings (SSSR count). The summed E-state index contributed by atoms with van der Waals surface area (Å²) in [6.45, 7) is 2.21. The number of carbonyl (C=O) groups excluding carboxylic acids is 1. The van der Waals surface area contributed by atoms with E-state index in [1.54, 1.807) is 0 Å². The van der Waals surface area contributed by atoms with Gasteiger partial charge < -0.3 is 19.9 Å². The summed E-state index contributed by atoms with van der Waals surface area (Å²) in [6, 6.07) is 3.73. The highest BCUT2D eigenvalue weighted by atomic mass is 32.1. The molecule has 1 aliphatic rings. The highest BCUT2D eigenvalue weighted by Gasteiger charge is 2.18. The first-order chi connectivity index (χ1) is 11.2. The molecule has 1 amide bonds. The molecule has 1 fully saturated rings. The summed E-state index contributed by atoms with van der Waals surface area (Å²) in [7, 11) is 0. The Labute approximate surface area is 137 Å². The van der Waals surface area contributed by atoms with Crippen LogP contribution in [-0.2, 0) is 16.0 Å². The fourth-order valence-corrected chi connectivity index (χ4v) is 2.89. The molecule has 2 aromatic rings. The van der Waals surface area contributed by atoms with Crippen molar-refractivity contribution in [3.05, 3.63) is 34.3 Å². The van der Waals surface area contributed by atoms with Crippen molar-refractivity contribution in [2.45, 2.75) is 18.8 Å². The first-order valence-electron chi connectivity index (χ1n) is 7.31. The molecular weight excluding hydrogens is 320 g/mol. The molecule has 2 N–H and O–H groups in total. The van der Waals surface area contributed by atoms with Crippen LogP contribution in [0.4, 0.5) is 0 Å². The van der Waals surface area contributed by atoms with Gasteiger partial charge in [0.15, 0.2) is 5.69 Å². The molecule has 1 aliphatic heterocycles. The molecule has 0 aromatic carbocycles. The zero-order valence-corrected chi connectivity index (χ0v) is 13.2. The minimum atomic E-state index is -0.666. The Hall–Kier alpha value is -1.81. The lowest BCUT2D eigenvalue weighted by Gasteiger charge is -2.22. The van der Waals surface area contributed by atoms with E-state index >= 15 is 0 Å². The molecule has 124 valence electrons. The number of hydrogen-bond donors (Lipinski definition) is 2. The monoisotopic (exact) mass is 338 g/mol. The third kappa shape index (κ3) is 4.35. The largest absolute Gasteiger partial charge is 0.386 e. The van der Waals surface area contributed by atoms with Crippen molar-refractivity contribution in [2.24, 2.45) is 0 Å². The van der Waals surface area contributed by atoms with Crippen molar-refractivity contribution < 1.29 is 19.4 Å². The van der Waals surface area contributed by atoms with Gasteiger partial charge in [-0.3, -0.25) is 4.79 Å². The van der Waals surface area contributed by atoms with E-state index in [0.29, 0.717) is 26.4 Å². The Morgan fingerprint density at radius 2 is 2.48 bits per heavy atom. The molecule has 1 saturated heterocycles. The maximum absolute atomic E-state index is 12.0. The van der Waals surface area contributed by atoms with Crippen LogP contribution in [0.15, 0.2) is 23.7 Å². The van der Waals surface area contributed by atoms with Crippen LogP contribution in [0.5, 0.6) is 0 Å². The Bertz CT molecular complexity index is 625. The summed E-state index contributed by atoms with van der Waals surface area (Å²) >= 11 is 1.47. The van der Waals surface area contributed by atoms with E-state index in [1.165, 1.54) is 22.2 Å². The molecule has 8 nitrogen and oxygen atoms in total. The predicted octanol–water partition coefficient (Wildman–Crippen LogP) is 0.218. The Balaban J connectivity index is 1.50. The summed E-state index contributed by atoms with van der Waals surface area (Å²) in [5.41, 5.74) is 0.208. The minimum absolute atomic E-state index is 0.136. The van der Waals surface area contributed by atoms with Gasteiger partial charge in [0.25, 0.3) is 5.91 Å². The number of aromatic nitrogens is 3. The van der Waals surface area contributed by atoms with Crippen molar-refractivity contribution in [1.82, 2.24) is 20.3 Å². The third-order valence-corrected chi connectivity index (χ3v) is 4.35. The average Bonchev–Trinajstić information content (AvgIpc) is 3.25. The molecule has 2 aromatic heterocycles. The van der Waals surface area contributed by atoms with Gasteiger partial charge in [0.2, 0.25) is 0 Å². The average molecular weight is 338 g/mol. The van der Waals surface area contributed by atoms with Crippen molar-refractivity contribution >= 4 is 17.2 Å². The van der Waals surface area contributed by atoms with E-state index in [0.717, 1.165) is 4.88 Å². The molecule has 2 atom stereocenters. The topological polar surface area (TPSA) is 98.5 Å². The van der Waals surface area contributed by atoms with Gasteiger partial charge in [-0.2, -0.15) is 0 Å². The van der Waals surface area contributed by atoms with Crippen LogP contribution in [0.2, 0.25) is 0 Å². The smallest absolute Gasteiger partial charge is 0.273 e. The molecule has 0 aliphatic carbocycles. The van der Waals surface area contributed by atoms with Crippen molar-refractivity contribution in [2.75, 3.05) is 26.4 Å². The van der Waals surface area contributed by atoms with Crippen LogP contribution in [0.25, 0.3) is 0 Å². The second-order valence-electron chi connectivity index (χ2n) is 5.13. The van der Waals surface area contributed by atoms with Crippen molar-refractivity contribution in [1.29, 1.82) is 0 Å². The number of rotatable bonds is 6. The van der Waals surface area contributed by atoms with Crippen LogP contribution in [-0.4, -0.2) is 58.5 Å². The lowest BCUT2D eigenvalue weighted by Crippen LogP contribution is -2.39. The lowest BCUT2D eigenvalue weighted by molar-refractivity contribution is -0.0855. The normalized spacial score (nSPS) is 19.4. The number of nitrogens with zero attached hydrogens (tertiary/aromatic N) is 3. The Morgan fingerprint density at radius 1 is 1.57 bits per heavy atom. The molecule has 23 heavy (non-hydrogen) atoms. The van der Waals surface area contributed by atoms with Crippen LogP contribution < -0.4 is 5.32 Å². The Kier molecular flexibility index (Phi) is 5.34. The maximum atomic E-state index is 12.0. The maximum Gasteiger partial charge on any atom is 0.273 e. The van der Waals surface area contributed by atoms with Gasteiger partial charge in [0.05, 0.1) is 38.7 Å². The molecule has 0 radical (unpaired) electrons. The fourth-order valence-electron chi connectivity index (χ4n) is 2.19. The summed E-state index contributed by atoms with van der Waals surface area (Å²) < 4.78 is 12.2. The number of nitrogens with one attached hydrogen (secondary N) is 1. The number of thiophene rings is 1. The number of aliphatic hydroxyl groups is 1. The second-order valence-corrected chi connectivity index (χ2v) is 6.11. The van der Waals surface area contributed by atoms with E-state index < -0.39 is 6.10 Å². The van der Waals surface area contributed by atoms with Gasteiger partial charge in [0.1, 0.15) is 6.10 Å². The van der Waals surface area contributed by atoms with Gasteiger partial charge >= 0.3 is 0 Å². The summed E-state index contributed by atoms with van der Waals surface area (Å²) in [5, 5.41) is 22.4. The Morgan fingerprint density at radius 3 is 3.22 bits per heavy atom. The first kappa shape index (κ1) is 16.1. The van der Waals surface area contributed by atoms with Crippen LogP contribution in [0.1, 0.15) is 21.5 Å². The third-order valence-electron chi connectivity index (χ3n) is 3.38. The van der Waals surface area contributed by atoms with Crippen LogP contribution >= 0.6 is 11.3 Å². The quantitative estimate of drug-likeness (QED) is 0.782. The molecule has 9 heteroatoms. The first-order valence-corrected chi connectivity index (χ1v) is 8.19. The number of hydrogen-bond acceptors (Lipinski definition) is 7. The van der Waals surface area contributed by atoms with E-state index in [-0.39, 0.29) is 24.2 Å². The van der Waals surface area contributed by atoms with Gasteiger partial charge in [0, 0.05) is 11.4 Å². The molecular formula is C14H18N4O4S. The summed E-state index contributed by atoms with van der Waals surface area (Å²) in [5.74, 6) is -0.323. The van der Waals surface area contributed by atoms with Crippen molar-refractivity contribution in [3.63, 3.8) is 0 Å². The van der Waals surface area contributed by atoms with Crippen molar-refractivity contribution in [3.8, 4) is 0 Å². The number of carbonyl (C=O) groups is 1. The molecule has 0 saturated carbocycles. The minimum Gasteiger partial charge on any atom is -0.386 e. The summed E-state index contributed by atoms with van der Waals surface area (Å²) in [4.78, 5) is 12.9. The van der Waals surface area contributed by atoms with E-state index in [1.807, 2.05) is 17.5 Å². The van der Waals surface area contributed by atoms with Gasteiger partial charge in [-0.1, -0.05) is 11.3 Å². The lowest BCUT2D eigenvalue weighted by atomic mass is 10.3. The van der Waals surface area contributed by atoms with E-state index in [9.17, 15) is 9.90 Å². The summed E-state index contributed by atoms with van der Waals surface area (Å²) in [6.07, 6.45) is 0.716. The van der Waals surface area contributed by atoms with Gasteiger partial charge in [-0.25, -0.2) is 4.68 Å². The SMILES string of the molecule is O=C(NC[C@@H]1COCCO1)c1cn(C[C@@H](O)c2cccs2)nn1. The van der Waals surface area contributed by atoms with E-state index in [2.05, 4.69) is 15.6 Å². The predicted molar refractivity (Wildman–Crippen MR) is 82.2 cm³/mol. The highest BCUT2D eigenvalue weighted by molar-refractivity contribution is 7.10. The molecule has 3 heterocycles. The standard InChI is InChI=1S/C14H18N4O4S/c19-12(13-2-1-5-23-13)8-18-7-11(16-17-18)14(20)15-6-10-9-21-3-4-22-10/h1-2,5,7,10,12,19H,3-4,6,8-9H2,(H,15,20)/t10-,12-/m1/s1. The molecule has 0 bridgehead atoms. The second kappa shape index (κ2) is 7.64. The van der Waals surface area contributed by atoms with Crippen LogP contribution in [0.3, 0.4) is 0 Å². The van der Waals surface area contributed by atoms with Gasteiger partial charge in [-0.05, 0) is 11.4 Å². The fraction of sp³-hybridized carbons (Fsp3) is 0.500. The zero-order valence-electron chi connectivity index (χ0n) is 12.4. The number of aliphatic hydroxyl groups excluding tert-OH is 1.